The lowest BCUT2D eigenvalue weighted by Crippen LogP contribution is -2.48. The zero-order valence-corrected chi connectivity index (χ0v) is 17.6. The molecule has 0 aromatic heterocycles. The molecule has 28 heavy (non-hydrogen) atoms. The molecule has 156 valence electrons. The molecule has 0 radical (unpaired) electrons. The van der Waals surface area contributed by atoms with Gasteiger partial charge in [-0.25, -0.2) is 0 Å². The van der Waals surface area contributed by atoms with E-state index in [4.69, 9.17) is 9.47 Å². The first-order valence-corrected chi connectivity index (χ1v) is 10.0. The van der Waals surface area contributed by atoms with Crippen LogP contribution >= 0.6 is 0 Å². The Morgan fingerprint density at radius 2 is 2.14 bits per heavy atom. The SMILES string of the molecule is CCOC(=O)C1CCCN(C(=NC)NCc2ccccc2OCCN(C)C)C1. The van der Waals surface area contributed by atoms with Gasteiger partial charge in [0.1, 0.15) is 12.4 Å². The number of carbonyl (C=O) groups is 1. The number of nitrogens with zero attached hydrogens (tertiary/aromatic N) is 3. The monoisotopic (exact) mass is 390 g/mol. The number of hydrogen-bond donors (Lipinski definition) is 1. The summed E-state index contributed by atoms with van der Waals surface area (Å²) in [7, 11) is 5.84. The van der Waals surface area contributed by atoms with E-state index >= 15 is 0 Å². The summed E-state index contributed by atoms with van der Waals surface area (Å²) in [5, 5.41) is 3.42. The second-order valence-corrected chi connectivity index (χ2v) is 7.20. The van der Waals surface area contributed by atoms with Crippen LogP contribution in [0, 0.1) is 5.92 Å². The highest BCUT2D eigenvalue weighted by molar-refractivity contribution is 5.81. The number of nitrogens with one attached hydrogen (secondary N) is 1. The van der Waals surface area contributed by atoms with Gasteiger partial charge < -0.3 is 24.6 Å². The number of likely N-dealkylation sites (N-methyl/N-ethyl adjacent to an activating group) is 1. The molecule has 1 aromatic rings. The van der Waals surface area contributed by atoms with Gasteiger partial charge in [-0.1, -0.05) is 18.2 Å². The zero-order valence-electron chi connectivity index (χ0n) is 17.6. The van der Waals surface area contributed by atoms with Crippen molar-refractivity contribution < 1.29 is 14.3 Å². The van der Waals surface area contributed by atoms with E-state index in [9.17, 15) is 4.79 Å². The number of carbonyl (C=O) groups excluding carboxylic acids is 1. The van der Waals surface area contributed by atoms with E-state index in [0.717, 1.165) is 43.2 Å². The van der Waals surface area contributed by atoms with Crippen LogP contribution in [0.5, 0.6) is 5.75 Å². The quantitative estimate of drug-likeness (QED) is 0.416. The normalized spacial score (nSPS) is 17.5. The van der Waals surface area contributed by atoms with Crippen LogP contribution in [0.2, 0.25) is 0 Å². The highest BCUT2D eigenvalue weighted by Gasteiger charge is 2.28. The topological polar surface area (TPSA) is 66.4 Å². The van der Waals surface area contributed by atoms with Crippen molar-refractivity contribution in [1.82, 2.24) is 15.1 Å². The molecule has 2 rings (SSSR count). The number of likely N-dealkylation sites (tertiary alicyclic amines) is 1. The molecule has 0 amide bonds. The van der Waals surface area contributed by atoms with Crippen molar-refractivity contribution in [3.05, 3.63) is 29.8 Å². The summed E-state index contributed by atoms with van der Waals surface area (Å²) >= 11 is 0. The highest BCUT2D eigenvalue weighted by atomic mass is 16.5. The van der Waals surface area contributed by atoms with Gasteiger partial charge in [0.15, 0.2) is 5.96 Å². The molecule has 1 saturated heterocycles. The van der Waals surface area contributed by atoms with Crippen LogP contribution in [-0.2, 0) is 16.1 Å². The van der Waals surface area contributed by atoms with Crippen LogP contribution in [0.15, 0.2) is 29.3 Å². The van der Waals surface area contributed by atoms with Crippen molar-refractivity contribution in [1.29, 1.82) is 0 Å². The van der Waals surface area contributed by atoms with Gasteiger partial charge in [-0.2, -0.15) is 0 Å². The molecule has 1 aromatic carbocycles. The fourth-order valence-corrected chi connectivity index (χ4v) is 3.26. The summed E-state index contributed by atoms with van der Waals surface area (Å²) in [5.74, 6) is 1.49. The molecule has 1 fully saturated rings. The van der Waals surface area contributed by atoms with Gasteiger partial charge in [0.2, 0.25) is 0 Å². The first-order valence-electron chi connectivity index (χ1n) is 10.0. The van der Waals surface area contributed by atoms with Crippen LogP contribution < -0.4 is 10.1 Å². The summed E-state index contributed by atoms with van der Waals surface area (Å²) in [4.78, 5) is 20.7. The number of guanidine groups is 1. The van der Waals surface area contributed by atoms with E-state index in [1.54, 1.807) is 7.05 Å². The van der Waals surface area contributed by atoms with Gasteiger partial charge in [0.25, 0.3) is 0 Å². The summed E-state index contributed by atoms with van der Waals surface area (Å²) < 4.78 is 11.1. The second kappa shape index (κ2) is 11.5. The Balaban J connectivity index is 1.94. The van der Waals surface area contributed by atoms with Gasteiger partial charge in [0, 0.05) is 38.8 Å². The Hall–Kier alpha value is -2.28. The first-order chi connectivity index (χ1) is 13.5. The number of ether oxygens (including phenoxy) is 2. The Bertz CT molecular complexity index is 648. The van der Waals surface area contributed by atoms with Crippen molar-refractivity contribution in [2.75, 3.05) is 54.0 Å². The van der Waals surface area contributed by atoms with Gasteiger partial charge in [-0.05, 0) is 39.9 Å². The molecule has 7 nitrogen and oxygen atoms in total. The molecule has 0 spiro atoms. The summed E-state index contributed by atoms with van der Waals surface area (Å²) in [6.07, 6.45) is 1.82. The molecule has 1 atom stereocenters. The molecular formula is C21H34N4O3. The standard InChI is InChI=1S/C21H34N4O3/c1-5-27-20(26)18-10-8-12-25(16-18)21(22-2)23-15-17-9-6-7-11-19(17)28-14-13-24(3)4/h6-7,9,11,18H,5,8,10,12-16H2,1-4H3,(H,22,23). The first kappa shape index (κ1) is 22.0. The van der Waals surface area contributed by atoms with Crippen LogP contribution in [0.4, 0.5) is 0 Å². The fraction of sp³-hybridized carbons (Fsp3) is 0.619. The minimum atomic E-state index is -0.109. The number of benzene rings is 1. The summed E-state index contributed by atoms with van der Waals surface area (Å²) in [6.45, 7) is 5.92. The molecular weight excluding hydrogens is 356 g/mol. The maximum Gasteiger partial charge on any atom is 0.310 e. The third-order valence-corrected chi connectivity index (χ3v) is 4.76. The molecule has 1 unspecified atom stereocenters. The largest absolute Gasteiger partial charge is 0.492 e. The molecule has 1 heterocycles. The van der Waals surface area contributed by atoms with E-state index < -0.39 is 0 Å². The number of para-hydroxylation sites is 1. The van der Waals surface area contributed by atoms with Crippen LogP contribution in [0.25, 0.3) is 0 Å². The average Bonchev–Trinajstić information content (AvgIpc) is 2.69. The molecule has 0 bridgehead atoms. The van der Waals surface area contributed by atoms with Crippen LogP contribution in [-0.4, -0.2) is 75.7 Å². The van der Waals surface area contributed by atoms with Gasteiger partial charge in [-0.15, -0.1) is 0 Å². The predicted molar refractivity (Wildman–Crippen MR) is 112 cm³/mol. The van der Waals surface area contributed by atoms with E-state index in [1.807, 2.05) is 39.2 Å². The molecule has 1 aliphatic rings. The Morgan fingerprint density at radius 3 is 2.86 bits per heavy atom. The number of hydrogen-bond acceptors (Lipinski definition) is 5. The molecule has 1 aliphatic heterocycles. The molecule has 0 saturated carbocycles. The van der Waals surface area contributed by atoms with Crippen molar-refractivity contribution in [2.45, 2.75) is 26.3 Å². The Kier molecular flexibility index (Phi) is 9.07. The van der Waals surface area contributed by atoms with E-state index in [0.29, 0.717) is 26.3 Å². The van der Waals surface area contributed by atoms with Gasteiger partial charge in [-0.3, -0.25) is 9.79 Å². The smallest absolute Gasteiger partial charge is 0.310 e. The third-order valence-electron chi connectivity index (χ3n) is 4.76. The van der Waals surface area contributed by atoms with Crippen LogP contribution in [0.3, 0.4) is 0 Å². The average molecular weight is 391 g/mol. The van der Waals surface area contributed by atoms with Gasteiger partial charge >= 0.3 is 5.97 Å². The lowest BCUT2D eigenvalue weighted by molar-refractivity contribution is -0.149. The van der Waals surface area contributed by atoms with E-state index in [-0.39, 0.29) is 11.9 Å². The second-order valence-electron chi connectivity index (χ2n) is 7.20. The van der Waals surface area contributed by atoms with Crippen molar-refractivity contribution in [3.8, 4) is 5.75 Å². The lowest BCUT2D eigenvalue weighted by Gasteiger charge is -2.34. The number of esters is 1. The number of piperidine rings is 1. The van der Waals surface area contributed by atoms with E-state index in [1.165, 1.54) is 0 Å². The minimum absolute atomic E-state index is 0.0890. The Labute approximate surface area is 168 Å². The molecule has 1 N–H and O–H groups in total. The lowest BCUT2D eigenvalue weighted by atomic mass is 9.98. The zero-order chi connectivity index (χ0) is 20.4. The van der Waals surface area contributed by atoms with E-state index in [2.05, 4.69) is 26.2 Å². The highest BCUT2D eigenvalue weighted by Crippen LogP contribution is 2.20. The molecule has 0 aliphatic carbocycles. The maximum absolute atomic E-state index is 12.1. The van der Waals surface area contributed by atoms with Gasteiger partial charge in [0.05, 0.1) is 12.5 Å². The number of rotatable bonds is 8. The van der Waals surface area contributed by atoms with Crippen molar-refractivity contribution >= 4 is 11.9 Å². The minimum Gasteiger partial charge on any atom is -0.492 e. The summed E-state index contributed by atoms with van der Waals surface area (Å²) in [6, 6.07) is 8.05. The van der Waals surface area contributed by atoms with Crippen molar-refractivity contribution in [3.63, 3.8) is 0 Å². The fourth-order valence-electron chi connectivity index (χ4n) is 3.26. The third kappa shape index (κ3) is 6.71. The summed E-state index contributed by atoms with van der Waals surface area (Å²) in [5.41, 5.74) is 1.08. The number of aliphatic imine (C=N–C) groups is 1. The van der Waals surface area contributed by atoms with Crippen LogP contribution in [0.1, 0.15) is 25.3 Å². The predicted octanol–water partition coefficient (Wildman–Crippen LogP) is 1.98. The Morgan fingerprint density at radius 1 is 1.36 bits per heavy atom. The van der Waals surface area contributed by atoms with Crippen molar-refractivity contribution in [2.24, 2.45) is 10.9 Å². The maximum atomic E-state index is 12.1. The molecule has 7 heteroatoms.